The van der Waals surface area contributed by atoms with Crippen molar-refractivity contribution in [1.29, 1.82) is 0 Å². The monoisotopic (exact) mass is 414 g/mol. The molecule has 0 aliphatic carbocycles. The van der Waals surface area contributed by atoms with Crippen molar-refractivity contribution in [2.75, 3.05) is 17.7 Å². The van der Waals surface area contributed by atoms with Gasteiger partial charge < -0.3 is 20.1 Å². The summed E-state index contributed by atoms with van der Waals surface area (Å²) in [5.41, 5.74) is 1.10. The van der Waals surface area contributed by atoms with Gasteiger partial charge in [0.2, 0.25) is 5.91 Å². The summed E-state index contributed by atoms with van der Waals surface area (Å²) in [4.78, 5) is 12.2. The van der Waals surface area contributed by atoms with Crippen molar-refractivity contribution in [2.45, 2.75) is 19.6 Å². The SMILES string of the molecule is COc1ccc(NC(C)C(=O)Nc2ccc(Br)cc2)cc1OC(F)F. The van der Waals surface area contributed by atoms with Gasteiger partial charge in [0.25, 0.3) is 0 Å². The van der Waals surface area contributed by atoms with Gasteiger partial charge >= 0.3 is 6.61 Å². The number of amides is 1. The lowest BCUT2D eigenvalue weighted by atomic mass is 10.2. The molecule has 1 amide bonds. The first-order valence-corrected chi connectivity index (χ1v) is 8.14. The van der Waals surface area contributed by atoms with E-state index in [9.17, 15) is 13.6 Å². The summed E-state index contributed by atoms with van der Waals surface area (Å²) in [6.07, 6.45) is 0. The van der Waals surface area contributed by atoms with Crippen LogP contribution >= 0.6 is 15.9 Å². The van der Waals surface area contributed by atoms with Crippen molar-refractivity contribution in [3.63, 3.8) is 0 Å². The Morgan fingerprint density at radius 2 is 1.72 bits per heavy atom. The Morgan fingerprint density at radius 3 is 2.32 bits per heavy atom. The molecule has 0 aromatic heterocycles. The number of alkyl halides is 2. The number of carbonyl (C=O) groups excluding carboxylic acids is 1. The largest absolute Gasteiger partial charge is 0.493 e. The van der Waals surface area contributed by atoms with E-state index in [0.29, 0.717) is 11.4 Å². The fourth-order valence-corrected chi connectivity index (χ4v) is 2.32. The minimum absolute atomic E-state index is 0.108. The Labute approximate surface area is 152 Å². The number of hydrogen-bond donors (Lipinski definition) is 2. The highest BCUT2D eigenvalue weighted by Crippen LogP contribution is 2.31. The molecule has 0 bridgehead atoms. The lowest BCUT2D eigenvalue weighted by molar-refractivity contribution is -0.116. The summed E-state index contributed by atoms with van der Waals surface area (Å²) in [7, 11) is 1.36. The molecule has 1 atom stereocenters. The molecular formula is C17H17BrF2N2O3. The van der Waals surface area contributed by atoms with Crippen LogP contribution in [-0.4, -0.2) is 25.7 Å². The molecule has 0 fully saturated rings. The van der Waals surface area contributed by atoms with Crippen molar-refractivity contribution in [3.05, 3.63) is 46.9 Å². The Bertz CT molecular complexity index is 726. The first-order chi connectivity index (χ1) is 11.9. The van der Waals surface area contributed by atoms with Crippen LogP contribution in [0.1, 0.15) is 6.92 Å². The van der Waals surface area contributed by atoms with E-state index in [1.807, 2.05) is 12.1 Å². The molecule has 134 valence electrons. The van der Waals surface area contributed by atoms with Gasteiger partial charge in [-0.25, -0.2) is 0 Å². The molecule has 2 aromatic rings. The van der Waals surface area contributed by atoms with E-state index in [2.05, 4.69) is 31.3 Å². The predicted molar refractivity (Wildman–Crippen MR) is 95.5 cm³/mol. The molecule has 0 heterocycles. The van der Waals surface area contributed by atoms with Crippen LogP contribution in [0.2, 0.25) is 0 Å². The summed E-state index contributed by atoms with van der Waals surface area (Å²) >= 11 is 3.32. The van der Waals surface area contributed by atoms with Crippen LogP contribution in [0, 0.1) is 0 Å². The van der Waals surface area contributed by atoms with Gasteiger partial charge in [-0.1, -0.05) is 15.9 Å². The summed E-state index contributed by atoms with van der Waals surface area (Å²) in [6, 6.07) is 11.0. The van der Waals surface area contributed by atoms with E-state index < -0.39 is 12.7 Å². The van der Waals surface area contributed by atoms with Crippen LogP contribution in [0.15, 0.2) is 46.9 Å². The Morgan fingerprint density at radius 1 is 1.08 bits per heavy atom. The van der Waals surface area contributed by atoms with Crippen LogP contribution in [0.25, 0.3) is 0 Å². The van der Waals surface area contributed by atoms with Gasteiger partial charge in [0.15, 0.2) is 11.5 Å². The molecule has 0 aliphatic heterocycles. The maximum atomic E-state index is 12.5. The number of rotatable bonds is 7. The van der Waals surface area contributed by atoms with Crippen LogP contribution in [0.4, 0.5) is 20.2 Å². The summed E-state index contributed by atoms with van der Waals surface area (Å²) in [5.74, 6) is -0.199. The zero-order valence-electron chi connectivity index (χ0n) is 13.6. The van der Waals surface area contributed by atoms with E-state index >= 15 is 0 Å². The molecule has 0 spiro atoms. The average Bonchev–Trinajstić information content (AvgIpc) is 2.56. The number of nitrogens with one attached hydrogen (secondary N) is 2. The molecule has 8 heteroatoms. The number of ether oxygens (including phenoxy) is 2. The topological polar surface area (TPSA) is 59.6 Å². The van der Waals surface area contributed by atoms with Gasteiger partial charge in [-0.3, -0.25) is 4.79 Å². The minimum atomic E-state index is -2.97. The third-order valence-corrected chi connectivity index (χ3v) is 3.80. The molecule has 0 saturated heterocycles. The molecule has 2 N–H and O–H groups in total. The standard InChI is InChI=1S/C17H17BrF2N2O3/c1-10(16(23)22-12-5-3-11(18)4-6-12)21-13-7-8-14(24-2)15(9-13)25-17(19)20/h3-10,17,21H,1-2H3,(H,22,23). The average molecular weight is 415 g/mol. The highest BCUT2D eigenvalue weighted by molar-refractivity contribution is 9.10. The van der Waals surface area contributed by atoms with Gasteiger partial charge in [-0.05, 0) is 43.3 Å². The van der Waals surface area contributed by atoms with Crippen molar-refractivity contribution in [2.24, 2.45) is 0 Å². The predicted octanol–water partition coefficient (Wildman–Crippen LogP) is 4.50. The molecular weight excluding hydrogens is 398 g/mol. The highest BCUT2D eigenvalue weighted by Gasteiger charge is 2.16. The maximum absolute atomic E-state index is 12.5. The first kappa shape index (κ1) is 19.0. The van der Waals surface area contributed by atoms with Gasteiger partial charge in [0.1, 0.15) is 6.04 Å². The second kappa shape index (κ2) is 8.66. The summed E-state index contributed by atoms with van der Waals surface area (Å²) < 4.78 is 35.2. The van der Waals surface area contributed by atoms with Crippen molar-refractivity contribution < 1.29 is 23.0 Å². The molecule has 0 aliphatic rings. The van der Waals surface area contributed by atoms with Crippen LogP contribution < -0.4 is 20.1 Å². The van der Waals surface area contributed by atoms with E-state index in [4.69, 9.17) is 4.74 Å². The second-order valence-electron chi connectivity index (χ2n) is 5.11. The van der Waals surface area contributed by atoms with Crippen LogP contribution in [0.3, 0.4) is 0 Å². The molecule has 2 rings (SSSR count). The van der Waals surface area contributed by atoms with E-state index in [1.54, 1.807) is 25.1 Å². The van der Waals surface area contributed by atoms with Gasteiger partial charge in [0.05, 0.1) is 7.11 Å². The maximum Gasteiger partial charge on any atom is 0.387 e. The van der Waals surface area contributed by atoms with Crippen LogP contribution in [0.5, 0.6) is 11.5 Å². The van der Waals surface area contributed by atoms with Gasteiger partial charge in [0, 0.05) is 21.9 Å². The number of methoxy groups -OCH3 is 1. The zero-order chi connectivity index (χ0) is 18.4. The number of hydrogen-bond acceptors (Lipinski definition) is 4. The third kappa shape index (κ3) is 5.60. The van der Waals surface area contributed by atoms with Gasteiger partial charge in [-0.2, -0.15) is 8.78 Å². The lowest BCUT2D eigenvalue weighted by Gasteiger charge is -2.17. The van der Waals surface area contributed by atoms with Gasteiger partial charge in [-0.15, -0.1) is 0 Å². The van der Waals surface area contributed by atoms with Crippen molar-refractivity contribution in [1.82, 2.24) is 0 Å². The molecule has 0 saturated carbocycles. The molecule has 0 radical (unpaired) electrons. The first-order valence-electron chi connectivity index (χ1n) is 7.35. The smallest absolute Gasteiger partial charge is 0.387 e. The Balaban J connectivity index is 2.04. The summed E-state index contributed by atoms with van der Waals surface area (Å²) in [5, 5.41) is 5.70. The molecule has 5 nitrogen and oxygen atoms in total. The fourth-order valence-electron chi connectivity index (χ4n) is 2.05. The Hall–Kier alpha value is -2.35. The van der Waals surface area contributed by atoms with E-state index in [1.165, 1.54) is 19.2 Å². The molecule has 25 heavy (non-hydrogen) atoms. The number of carbonyl (C=O) groups is 1. The normalized spacial score (nSPS) is 11.8. The van der Waals surface area contributed by atoms with E-state index in [-0.39, 0.29) is 17.4 Å². The third-order valence-electron chi connectivity index (χ3n) is 3.27. The Kier molecular flexibility index (Phi) is 6.58. The lowest BCUT2D eigenvalue weighted by Crippen LogP contribution is -2.31. The molecule has 2 aromatic carbocycles. The number of anilines is 2. The van der Waals surface area contributed by atoms with Crippen molar-refractivity contribution in [3.8, 4) is 11.5 Å². The molecule has 1 unspecified atom stereocenters. The summed E-state index contributed by atoms with van der Waals surface area (Å²) in [6.45, 7) is -1.31. The number of benzene rings is 2. The quantitative estimate of drug-likeness (QED) is 0.700. The second-order valence-corrected chi connectivity index (χ2v) is 6.02. The fraction of sp³-hybridized carbons (Fsp3) is 0.235. The van der Waals surface area contributed by atoms with Crippen molar-refractivity contribution >= 4 is 33.2 Å². The minimum Gasteiger partial charge on any atom is -0.493 e. The highest BCUT2D eigenvalue weighted by atomic mass is 79.9. The van der Waals surface area contributed by atoms with Crippen LogP contribution in [-0.2, 0) is 4.79 Å². The number of halogens is 3. The zero-order valence-corrected chi connectivity index (χ0v) is 15.1. The van der Waals surface area contributed by atoms with E-state index in [0.717, 1.165) is 4.47 Å².